The molecule has 57 heavy (non-hydrogen) atoms. The van der Waals surface area contributed by atoms with Gasteiger partial charge in [0.05, 0.1) is 30.2 Å². The molecule has 0 amide bonds. The topological polar surface area (TPSA) is 206 Å². The van der Waals surface area contributed by atoms with Gasteiger partial charge in [-0.05, 0) is 55.0 Å². The number of aromatic nitrogens is 3. The molecular formula is C41H57N6O9P. The fourth-order valence-corrected chi connectivity index (χ4v) is 8.67. The molecule has 2 aliphatic rings. The standard InChI is InChI=1S/C41H57N6O9P/c1-25(2)38(49)53-35-32(55-41(23-42,36(35)54-39(50)26(3)4)33-21-20-31-37(43)44-24-45-47(31)33)22-52-57(51,56-30-18-16-29(17-19-30)40(6,7)8)46-27(5)34(48)28-14-12-10-9-11-13-15-28/h16-21,24-28,32,35-36H,9-15,22H2,1-8H3,(H,46,51)(H2,43,44,45)/t27-,32+,35+,36+,41-,57?/m0/s1. The third-order valence-corrected chi connectivity index (χ3v) is 12.2. The summed E-state index contributed by atoms with van der Waals surface area (Å²) in [6, 6.07) is 11.4. The van der Waals surface area contributed by atoms with E-state index in [2.05, 4.69) is 42.0 Å². The summed E-state index contributed by atoms with van der Waals surface area (Å²) in [7, 11) is -4.45. The highest BCUT2D eigenvalue weighted by Gasteiger charge is 2.63. The molecule has 2 aromatic heterocycles. The minimum atomic E-state index is -4.45. The number of carbonyl (C=O) groups is 3. The molecule has 3 heterocycles. The van der Waals surface area contributed by atoms with E-state index in [9.17, 15) is 24.2 Å². The van der Waals surface area contributed by atoms with Gasteiger partial charge in [-0.1, -0.05) is 92.7 Å². The lowest BCUT2D eigenvalue weighted by Gasteiger charge is -2.29. The maximum Gasteiger partial charge on any atom is 0.459 e. The van der Waals surface area contributed by atoms with E-state index in [-0.39, 0.29) is 34.4 Å². The second kappa shape index (κ2) is 18.1. The van der Waals surface area contributed by atoms with Gasteiger partial charge in [-0.25, -0.2) is 19.2 Å². The molecule has 1 aliphatic heterocycles. The molecule has 310 valence electrons. The lowest BCUT2D eigenvalue weighted by atomic mass is 9.86. The Balaban J connectivity index is 1.54. The molecule has 5 rings (SSSR count). The molecule has 0 radical (unpaired) electrons. The van der Waals surface area contributed by atoms with E-state index in [1.54, 1.807) is 52.8 Å². The third kappa shape index (κ3) is 10.0. The molecule has 3 aromatic rings. The SMILES string of the molecule is CC(C)C(=O)O[C@H]1[C@@H](OC(=O)C(C)C)[C@](C#N)(c2ccc3c(N)ncnn23)O[C@@H]1COP(=O)(N[C@@H](C)C(=O)C1CCCCCCC1)Oc1ccc(C(C)(C)C)cc1. The zero-order valence-corrected chi connectivity index (χ0v) is 35.1. The maximum absolute atomic E-state index is 14.9. The van der Waals surface area contributed by atoms with Crippen LogP contribution in [0.1, 0.15) is 112 Å². The summed E-state index contributed by atoms with van der Waals surface area (Å²) in [5.41, 5.74) is 5.29. The molecule has 1 unspecified atom stereocenters. The highest BCUT2D eigenvalue weighted by atomic mass is 31.2. The number of nitriles is 1. The molecule has 1 saturated heterocycles. The van der Waals surface area contributed by atoms with Gasteiger partial charge in [0.2, 0.25) is 5.60 Å². The van der Waals surface area contributed by atoms with Crippen molar-refractivity contribution in [3.8, 4) is 11.8 Å². The van der Waals surface area contributed by atoms with Crippen LogP contribution in [0.2, 0.25) is 0 Å². The third-order valence-electron chi connectivity index (χ3n) is 10.5. The van der Waals surface area contributed by atoms with Crippen LogP contribution in [0.5, 0.6) is 5.75 Å². The van der Waals surface area contributed by atoms with E-state index in [1.807, 2.05) is 12.1 Å². The second-order valence-corrected chi connectivity index (χ2v) is 18.4. The Morgan fingerprint density at radius 1 is 0.982 bits per heavy atom. The van der Waals surface area contributed by atoms with Crippen molar-refractivity contribution in [2.45, 2.75) is 136 Å². The normalized spacial score (nSPS) is 23.6. The van der Waals surface area contributed by atoms with E-state index in [1.165, 1.54) is 16.9 Å². The van der Waals surface area contributed by atoms with Crippen LogP contribution >= 0.6 is 7.75 Å². The number of carbonyl (C=O) groups excluding carboxylic acids is 3. The highest BCUT2D eigenvalue weighted by molar-refractivity contribution is 7.52. The molecule has 1 aromatic carbocycles. The minimum Gasteiger partial charge on any atom is -0.455 e. The zero-order chi connectivity index (χ0) is 41.7. The van der Waals surface area contributed by atoms with Crippen molar-refractivity contribution < 1.29 is 42.2 Å². The summed E-state index contributed by atoms with van der Waals surface area (Å²) >= 11 is 0. The van der Waals surface area contributed by atoms with E-state index in [0.29, 0.717) is 5.52 Å². The number of anilines is 1. The molecule has 1 aliphatic carbocycles. The Labute approximate surface area is 334 Å². The van der Waals surface area contributed by atoms with E-state index >= 15 is 0 Å². The highest BCUT2D eigenvalue weighted by Crippen LogP contribution is 2.49. The van der Waals surface area contributed by atoms with Gasteiger partial charge in [0, 0.05) is 5.92 Å². The summed E-state index contributed by atoms with van der Waals surface area (Å²) in [6.07, 6.45) is 3.44. The van der Waals surface area contributed by atoms with Crippen LogP contribution in [-0.4, -0.2) is 63.3 Å². The minimum absolute atomic E-state index is 0.0983. The number of nitrogens with zero attached hydrogens (tertiary/aromatic N) is 4. The molecule has 0 bridgehead atoms. The quantitative estimate of drug-likeness (QED) is 0.125. The number of rotatable bonds is 14. The van der Waals surface area contributed by atoms with Crippen molar-refractivity contribution in [3.63, 3.8) is 0 Å². The van der Waals surface area contributed by atoms with Gasteiger partial charge in [-0.2, -0.15) is 10.4 Å². The molecule has 3 N–H and O–H groups in total. The van der Waals surface area contributed by atoms with Crippen molar-refractivity contribution in [3.05, 3.63) is 54.0 Å². The lowest BCUT2D eigenvalue weighted by Crippen LogP contribution is -2.47. The first-order chi connectivity index (χ1) is 26.9. The second-order valence-electron chi connectivity index (χ2n) is 16.7. The molecule has 2 fully saturated rings. The van der Waals surface area contributed by atoms with E-state index in [0.717, 1.165) is 50.5 Å². The van der Waals surface area contributed by atoms with Gasteiger partial charge in [0.1, 0.15) is 29.8 Å². The van der Waals surface area contributed by atoms with Crippen LogP contribution in [0.15, 0.2) is 42.7 Å². The first-order valence-electron chi connectivity index (χ1n) is 19.8. The van der Waals surface area contributed by atoms with Crippen molar-refractivity contribution in [1.29, 1.82) is 5.26 Å². The Morgan fingerprint density at radius 3 is 2.19 bits per heavy atom. The van der Waals surface area contributed by atoms with Crippen molar-refractivity contribution in [2.24, 2.45) is 17.8 Å². The fourth-order valence-electron chi connectivity index (χ4n) is 7.15. The number of ketones is 1. The number of nitrogens with one attached hydrogen (secondary N) is 1. The zero-order valence-electron chi connectivity index (χ0n) is 34.2. The van der Waals surface area contributed by atoms with Gasteiger partial charge in [-0.3, -0.25) is 18.9 Å². The van der Waals surface area contributed by atoms with Crippen LogP contribution in [0.25, 0.3) is 5.52 Å². The number of Topliss-reactive ketones (excluding diaryl/α,β-unsaturated/α-hetero) is 1. The number of hydrogen-bond acceptors (Lipinski definition) is 13. The number of fused-ring (bicyclic) bond motifs is 1. The fraction of sp³-hybridized carbons (Fsp3) is 0.610. The van der Waals surface area contributed by atoms with Crippen LogP contribution < -0.4 is 15.3 Å². The predicted molar refractivity (Wildman–Crippen MR) is 212 cm³/mol. The van der Waals surface area contributed by atoms with Gasteiger partial charge in [0.15, 0.2) is 23.8 Å². The summed E-state index contributed by atoms with van der Waals surface area (Å²) < 4.78 is 47.0. The number of ether oxygens (including phenoxy) is 3. The van der Waals surface area contributed by atoms with Crippen LogP contribution in [0.4, 0.5) is 5.82 Å². The van der Waals surface area contributed by atoms with Crippen molar-refractivity contribution in [2.75, 3.05) is 12.3 Å². The maximum atomic E-state index is 14.9. The summed E-state index contributed by atoms with van der Waals surface area (Å²) in [5, 5.41) is 18.2. The predicted octanol–water partition coefficient (Wildman–Crippen LogP) is 6.97. The largest absolute Gasteiger partial charge is 0.459 e. The van der Waals surface area contributed by atoms with Crippen molar-refractivity contribution in [1.82, 2.24) is 19.7 Å². The van der Waals surface area contributed by atoms with Gasteiger partial charge in [-0.15, -0.1) is 0 Å². The van der Waals surface area contributed by atoms with Crippen LogP contribution in [0.3, 0.4) is 0 Å². The summed E-state index contributed by atoms with van der Waals surface area (Å²) in [5.74, 6) is -2.61. The van der Waals surface area contributed by atoms with E-state index < -0.39 is 68.1 Å². The number of hydrogen-bond donors (Lipinski definition) is 2. The van der Waals surface area contributed by atoms with Gasteiger partial charge in [0.25, 0.3) is 0 Å². The number of benzene rings is 1. The smallest absolute Gasteiger partial charge is 0.455 e. The van der Waals surface area contributed by atoms with Crippen LogP contribution in [-0.2, 0) is 48.7 Å². The molecule has 16 heteroatoms. The monoisotopic (exact) mass is 808 g/mol. The molecular weight excluding hydrogens is 751 g/mol. The van der Waals surface area contributed by atoms with Gasteiger partial charge >= 0.3 is 19.7 Å². The average Bonchev–Trinajstić information content (AvgIpc) is 3.70. The van der Waals surface area contributed by atoms with E-state index in [4.69, 9.17) is 29.0 Å². The average molecular weight is 809 g/mol. The van der Waals surface area contributed by atoms with Crippen molar-refractivity contribution >= 4 is 36.8 Å². The Kier molecular flexibility index (Phi) is 13.9. The number of nitrogens with two attached hydrogens (primary N) is 1. The first kappa shape index (κ1) is 43.8. The summed E-state index contributed by atoms with van der Waals surface area (Å²) in [4.78, 5) is 44.5. The van der Waals surface area contributed by atoms with Crippen LogP contribution in [0, 0.1) is 29.1 Å². The number of nitrogen functional groups attached to an aromatic ring is 1. The Morgan fingerprint density at radius 2 is 1.60 bits per heavy atom. The number of esters is 2. The first-order valence-corrected chi connectivity index (χ1v) is 21.4. The molecule has 15 nitrogen and oxygen atoms in total. The Hall–Kier alpha value is -4.35. The molecule has 1 saturated carbocycles. The Bertz CT molecular complexity index is 1980. The molecule has 0 spiro atoms. The van der Waals surface area contributed by atoms with Gasteiger partial charge < -0.3 is 24.5 Å². The lowest BCUT2D eigenvalue weighted by molar-refractivity contribution is -0.173. The molecule has 6 atom stereocenters. The summed E-state index contributed by atoms with van der Waals surface area (Å²) in [6.45, 7) is 13.7.